The molecule has 72 valence electrons. The van der Waals surface area contributed by atoms with Crippen molar-refractivity contribution in [1.82, 2.24) is 0 Å². The number of aryl methyl sites for hydroxylation is 1. The summed E-state index contributed by atoms with van der Waals surface area (Å²) in [5.41, 5.74) is 9.48. The highest BCUT2D eigenvalue weighted by Gasteiger charge is 2.14. The van der Waals surface area contributed by atoms with Gasteiger partial charge in [-0.2, -0.15) is 0 Å². The highest BCUT2D eigenvalue weighted by atomic mass is 16.1. The number of carbonyl (C=O) groups excluding carboxylic acids is 1. The Kier molecular flexibility index (Phi) is 2.12. The number of fused-ring (bicyclic) bond motifs is 1. The standard InChI is InChI=1S/C12H13NO/c1-8-6-7-11(12(13)14)10-5-3-2-4-9(8)10/h3,5-7H,2,4H2,1H3,(H2,13,14). The van der Waals surface area contributed by atoms with Gasteiger partial charge in [0, 0.05) is 5.56 Å². The SMILES string of the molecule is Cc1ccc(C(N)=O)c2c1CCC=C2. The van der Waals surface area contributed by atoms with Crippen LogP contribution < -0.4 is 5.73 Å². The van der Waals surface area contributed by atoms with Crippen molar-refractivity contribution >= 4 is 12.0 Å². The quantitative estimate of drug-likeness (QED) is 0.718. The number of primary amides is 1. The molecule has 1 aliphatic carbocycles. The van der Waals surface area contributed by atoms with Gasteiger partial charge in [-0.15, -0.1) is 0 Å². The Morgan fingerprint density at radius 2 is 2.21 bits per heavy atom. The lowest BCUT2D eigenvalue weighted by Gasteiger charge is -2.15. The molecular weight excluding hydrogens is 174 g/mol. The van der Waals surface area contributed by atoms with Crippen LogP contribution >= 0.6 is 0 Å². The van der Waals surface area contributed by atoms with Gasteiger partial charge in [0.2, 0.25) is 5.91 Å². The Morgan fingerprint density at radius 1 is 1.43 bits per heavy atom. The van der Waals surface area contributed by atoms with E-state index in [0.29, 0.717) is 5.56 Å². The van der Waals surface area contributed by atoms with Crippen molar-refractivity contribution in [2.45, 2.75) is 19.8 Å². The number of carbonyl (C=O) groups is 1. The van der Waals surface area contributed by atoms with Crippen molar-refractivity contribution < 1.29 is 4.79 Å². The maximum absolute atomic E-state index is 11.2. The Labute approximate surface area is 83.4 Å². The van der Waals surface area contributed by atoms with Gasteiger partial charge in [0.1, 0.15) is 0 Å². The van der Waals surface area contributed by atoms with E-state index in [2.05, 4.69) is 13.0 Å². The molecule has 0 radical (unpaired) electrons. The number of hydrogen-bond donors (Lipinski definition) is 1. The lowest BCUT2D eigenvalue weighted by Crippen LogP contribution is -2.15. The van der Waals surface area contributed by atoms with Crippen LogP contribution in [0.5, 0.6) is 0 Å². The van der Waals surface area contributed by atoms with Gasteiger partial charge in [-0.25, -0.2) is 0 Å². The number of amides is 1. The zero-order valence-electron chi connectivity index (χ0n) is 8.21. The van der Waals surface area contributed by atoms with Crippen LogP contribution in [0.2, 0.25) is 0 Å². The molecule has 0 saturated carbocycles. The van der Waals surface area contributed by atoms with Crippen LogP contribution in [-0.2, 0) is 6.42 Å². The molecule has 2 N–H and O–H groups in total. The van der Waals surface area contributed by atoms with Gasteiger partial charge < -0.3 is 5.73 Å². The Morgan fingerprint density at radius 3 is 2.93 bits per heavy atom. The lowest BCUT2D eigenvalue weighted by molar-refractivity contribution is 0.1000. The second-order valence-electron chi connectivity index (χ2n) is 3.63. The second kappa shape index (κ2) is 3.29. The number of nitrogens with two attached hydrogens (primary N) is 1. The van der Waals surface area contributed by atoms with E-state index in [1.54, 1.807) is 0 Å². The molecule has 1 amide bonds. The van der Waals surface area contributed by atoms with Crippen LogP contribution in [0.3, 0.4) is 0 Å². The van der Waals surface area contributed by atoms with Crippen molar-refractivity contribution in [2.24, 2.45) is 5.73 Å². The fourth-order valence-electron chi connectivity index (χ4n) is 1.94. The summed E-state index contributed by atoms with van der Waals surface area (Å²) in [5, 5.41) is 0. The smallest absolute Gasteiger partial charge is 0.249 e. The molecule has 0 spiro atoms. The van der Waals surface area contributed by atoms with Crippen LogP contribution in [0, 0.1) is 6.92 Å². The van der Waals surface area contributed by atoms with Crippen LogP contribution in [0.15, 0.2) is 18.2 Å². The van der Waals surface area contributed by atoms with E-state index in [1.807, 2.05) is 18.2 Å². The van der Waals surface area contributed by atoms with E-state index in [0.717, 1.165) is 18.4 Å². The summed E-state index contributed by atoms with van der Waals surface area (Å²) < 4.78 is 0. The van der Waals surface area contributed by atoms with Crippen molar-refractivity contribution in [1.29, 1.82) is 0 Å². The fourth-order valence-corrected chi connectivity index (χ4v) is 1.94. The van der Waals surface area contributed by atoms with E-state index in [-0.39, 0.29) is 5.91 Å². The molecule has 0 saturated heterocycles. The molecule has 0 heterocycles. The zero-order chi connectivity index (χ0) is 10.1. The van der Waals surface area contributed by atoms with Gasteiger partial charge in [0.05, 0.1) is 0 Å². The summed E-state index contributed by atoms with van der Waals surface area (Å²) in [5.74, 6) is -0.340. The molecule has 0 atom stereocenters. The van der Waals surface area contributed by atoms with E-state index in [1.165, 1.54) is 11.1 Å². The van der Waals surface area contributed by atoms with Crippen LogP contribution in [0.25, 0.3) is 6.08 Å². The molecule has 1 aliphatic rings. The lowest BCUT2D eigenvalue weighted by atomic mass is 9.89. The Hall–Kier alpha value is -1.57. The molecule has 2 rings (SSSR count). The summed E-state index contributed by atoms with van der Waals surface area (Å²) in [6.07, 6.45) is 6.16. The van der Waals surface area contributed by atoms with E-state index < -0.39 is 0 Å². The normalized spacial score (nSPS) is 13.8. The average Bonchev–Trinajstić information content (AvgIpc) is 2.18. The van der Waals surface area contributed by atoms with Gasteiger partial charge in [-0.05, 0) is 42.5 Å². The van der Waals surface area contributed by atoms with Gasteiger partial charge in [-0.1, -0.05) is 18.2 Å². The minimum Gasteiger partial charge on any atom is -0.366 e. The molecule has 0 aromatic heterocycles. The molecule has 2 heteroatoms. The molecule has 1 aromatic rings. The summed E-state index contributed by atoms with van der Waals surface area (Å²) in [6.45, 7) is 2.07. The summed E-state index contributed by atoms with van der Waals surface area (Å²) in [4.78, 5) is 11.2. The third-order valence-electron chi connectivity index (χ3n) is 2.70. The van der Waals surface area contributed by atoms with Gasteiger partial charge in [0.15, 0.2) is 0 Å². The van der Waals surface area contributed by atoms with Crippen molar-refractivity contribution in [3.8, 4) is 0 Å². The molecule has 0 unspecified atom stereocenters. The third kappa shape index (κ3) is 1.33. The summed E-state index contributed by atoms with van der Waals surface area (Å²) in [7, 11) is 0. The highest BCUT2D eigenvalue weighted by molar-refractivity contribution is 5.97. The van der Waals surface area contributed by atoms with Crippen LogP contribution in [0.4, 0.5) is 0 Å². The molecule has 0 bridgehead atoms. The monoisotopic (exact) mass is 187 g/mol. The molecular formula is C12H13NO. The fraction of sp³-hybridized carbons (Fsp3) is 0.250. The van der Waals surface area contributed by atoms with Crippen LogP contribution in [-0.4, -0.2) is 5.91 Å². The predicted molar refractivity (Wildman–Crippen MR) is 57.1 cm³/mol. The molecule has 0 aliphatic heterocycles. The second-order valence-corrected chi connectivity index (χ2v) is 3.63. The molecule has 2 nitrogen and oxygen atoms in total. The van der Waals surface area contributed by atoms with Crippen molar-refractivity contribution in [2.75, 3.05) is 0 Å². The van der Waals surface area contributed by atoms with Gasteiger partial charge in [-0.3, -0.25) is 4.79 Å². The molecule has 14 heavy (non-hydrogen) atoms. The van der Waals surface area contributed by atoms with Crippen molar-refractivity contribution in [3.63, 3.8) is 0 Å². The minimum atomic E-state index is -0.340. The topological polar surface area (TPSA) is 43.1 Å². The first-order valence-corrected chi connectivity index (χ1v) is 4.79. The number of hydrogen-bond acceptors (Lipinski definition) is 1. The van der Waals surface area contributed by atoms with E-state index in [9.17, 15) is 4.79 Å². The van der Waals surface area contributed by atoms with Crippen molar-refractivity contribution in [3.05, 3.63) is 40.5 Å². The maximum atomic E-state index is 11.2. The van der Waals surface area contributed by atoms with Crippen LogP contribution in [0.1, 0.15) is 33.5 Å². The van der Waals surface area contributed by atoms with Gasteiger partial charge in [0.25, 0.3) is 0 Å². The first-order valence-electron chi connectivity index (χ1n) is 4.79. The summed E-state index contributed by atoms with van der Waals surface area (Å²) >= 11 is 0. The largest absolute Gasteiger partial charge is 0.366 e. The molecule has 1 aromatic carbocycles. The van der Waals surface area contributed by atoms with E-state index >= 15 is 0 Å². The highest BCUT2D eigenvalue weighted by Crippen LogP contribution is 2.25. The number of rotatable bonds is 1. The zero-order valence-corrected chi connectivity index (χ0v) is 8.21. The maximum Gasteiger partial charge on any atom is 0.249 e. The Balaban J connectivity index is 2.67. The van der Waals surface area contributed by atoms with Gasteiger partial charge >= 0.3 is 0 Å². The average molecular weight is 187 g/mol. The Bertz CT molecular complexity index is 419. The summed E-state index contributed by atoms with van der Waals surface area (Å²) in [6, 6.07) is 3.78. The first kappa shape index (κ1) is 9.00. The number of benzene rings is 1. The van der Waals surface area contributed by atoms with E-state index in [4.69, 9.17) is 5.73 Å². The molecule has 0 fully saturated rings. The predicted octanol–water partition coefficient (Wildman–Crippen LogP) is 2.05. The third-order valence-corrected chi connectivity index (χ3v) is 2.70. The number of allylic oxidation sites excluding steroid dienone is 1. The minimum absolute atomic E-state index is 0.340. The first-order chi connectivity index (χ1) is 6.70.